The van der Waals surface area contributed by atoms with Crippen molar-refractivity contribution in [3.8, 4) is 0 Å². The van der Waals surface area contributed by atoms with E-state index >= 15 is 0 Å². The van der Waals surface area contributed by atoms with Gasteiger partial charge in [-0.25, -0.2) is 13.1 Å². The highest BCUT2D eigenvalue weighted by molar-refractivity contribution is 7.89. The topological polar surface area (TPSA) is 107 Å². The van der Waals surface area contributed by atoms with Crippen molar-refractivity contribution in [1.29, 1.82) is 0 Å². The van der Waals surface area contributed by atoms with Crippen molar-refractivity contribution in [2.45, 2.75) is 36.7 Å². The summed E-state index contributed by atoms with van der Waals surface area (Å²) in [5.74, 6) is 0. The van der Waals surface area contributed by atoms with E-state index in [9.17, 15) is 18.5 Å². The SMILES string of the molecule is [CH2]Cn1ncc2c1CCCC2NS(=O)(=O)c1cccc([N+](=O)[O-])c1. The van der Waals surface area contributed by atoms with Crippen LogP contribution in [0.15, 0.2) is 35.4 Å². The zero-order valence-electron chi connectivity index (χ0n) is 12.9. The van der Waals surface area contributed by atoms with Crippen LogP contribution in [0, 0.1) is 17.0 Å². The molecule has 1 radical (unpaired) electrons. The van der Waals surface area contributed by atoms with Crippen LogP contribution in [0.4, 0.5) is 5.69 Å². The smallest absolute Gasteiger partial charge is 0.269 e. The van der Waals surface area contributed by atoms with Crippen LogP contribution in [0.3, 0.4) is 0 Å². The molecular weight excluding hydrogens is 332 g/mol. The van der Waals surface area contributed by atoms with E-state index in [1.807, 2.05) is 0 Å². The van der Waals surface area contributed by atoms with Gasteiger partial charge >= 0.3 is 0 Å². The van der Waals surface area contributed by atoms with Gasteiger partial charge in [-0.1, -0.05) is 6.07 Å². The molecule has 0 fully saturated rings. The molecule has 0 saturated carbocycles. The standard InChI is InChI=1S/C15H17N4O4S/c1-2-18-15-8-4-7-14(13(15)10-16-18)17-24(22,23)12-6-3-5-11(9-12)19(20)21/h3,5-6,9-10,14,17H,1-2,4,7-8H2. The quantitative estimate of drug-likeness (QED) is 0.656. The van der Waals surface area contributed by atoms with E-state index in [-0.39, 0.29) is 10.6 Å². The zero-order chi connectivity index (χ0) is 17.3. The number of hydrogen-bond donors (Lipinski definition) is 1. The average Bonchev–Trinajstić information content (AvgIpc) is 2.99. The van der Waals surface area contributed by atoms with Gasteiger partial charge in [-0.3, -0.25) is 14.8 Å². The molecule has 8 nitrogen and oxygen atoms in total. The van der Waals surface area contributed by atoms with Gasteiger partial charge in [0.1, 0.15) is 0 Å². The van der Waals surface area contributed by atoms with Crippen molar-refractivity contribution < 1.29 is 13.3 Å². The van der Waals surface area contributed by atoms with E-state index in [1.54, 1.807) is 10.9 Å². The van der Waals surface area contributed by atoms with Crippen LogP contribution in [0.2, 0.25) is 0 Å². The maximum absolute atomic E-state index is 12.6. The Morgan fingerprint density at radius 3 is 2.96 bits per heavy atom. The van der Waals surface area contributed by atoms with Crippen LogP contribution in [-0.2, 0) is 23.0 Å². The number of sulfonamides is 1. The van der Waals surface area contributed by atoms with E-state index < -0.39 is 21.0 Å². The minimum Gasteiger partial charge on any atom is -0.269 e. The minimum absolute atomic E-state index is 0.117. The first-order chi connectivity index (χ1) is 11.4. The summed E-state index contributed by atoms with van der Waals surface area (Å²) in [6.07, 6.45) is 3.99. The predicted molar refractivity (Wildman–Crippen MR) is 86.7 cm³/mol. The van der Waals surface area contributed by atoms with Gasteiger partial charge in [-0.15, -0.1) is 0 Å². The molecule has 0 bridgehead atoms. The lowest BCUT2D eigenvalue weighted by atomic mass is 9.94. The number of benzene rings is 1. The molecule has 0 spiro atoms. The Labute approximate surface area is 139 Å². The van der Waals surface area contributed by atoms with E-state index in [4.69, 9.17) is 0 Å². The second-order valence-electron chi connectivity index (χ2n) is 5.59. The second-order valence-corrected chi connectivity index (χ2v) is 7.30. The number of fused-ring (bicyclic) bond motifs is 1. The maximum atomic E-state index is 12.6. The summed E-state index contributed by atoms with van der Waals surface area (Å²) in [4.78, 5) is 10.1. The molecule has 2 aromatic rings. The summed E-state index contributed by atoms with van der Waals surface area (Å²) in [6.45, 7) is 4.29. The number of aromatic nitrogens is 2. The fraction of sp³-hybridized carbons (Fsp3) is 0.333. The van der Waals surface area contributed by atoms with E-state index in [0.717, 1.165) is 30.2 Å². The van der Waals surface area contributed by atoms with E-state index in [1.165, 1.54) is 18.2 Å². The largest absolute Gasteiger partial charge is 0.270 e. The summed E-state index contributed by atoms with van der Waals surface area (Å²) >= 11 is 0. The molecule has 127 valence electrons. The molecule has 1 unspecified atom stereocenters. The number of nitrogens with zero attached hydrogens (tertiary/aromatic N) is 3. The Morgan fingerprint density at radius 1 is 1.46 bits per heavy atom. The lowest BCUT2D eigenvalue weighted by Crippen LogP contribution is -2.31. The monoisotopic (exact) mass is 349 g/mol. The van der Waals surface area contributed by atoms with Crippen molar-refractivity contribution in [1.82, 2.24) is 14.5 Å². The zero-order valence-corrected chi connectivity index (χ0v) is 13.7. The highest BCUT2D eigenvalue weighted by atomic mass is 32.2. The third kappa shape index (κ3) is 3.04. The summed E-state index contributed by atoms with van der Waals surface area (Å²) in [5, 5.41) is 15.1. The van der Waals surface area contributed by atoms with Crippen LogP contribution in [0.5, 0.6) is 0 Å². The van der Waals surface area contributed by atoms with Crippen molar-refractivity contribution in [3.05, 3.63) is 58.8 Å². The molecular formula is C15H17N4O4S. The summed E-state index contributed by atoms with van der Waals surface area (Å²) in [7, 11) is -3.86. The maximum Gasteiger partial charge on any atom is 0.270 e. The van der Waals surface area contributed by atoms with Gasteiger partial charge in [0.2, 0.25) is 10.0 Å². The minimum atomic E-state index is -3.86. The van der Waals surface area contributed by atoms with Gasteiger partial charge in [0.05, 0.1) is 22.1 Å². The Kier molecular flexibility index (Phi) is 4.37. The van der Waals surface area contributed by atoms with Crippen molar-refractivity contribution in [2.24, 2.45) is 0 Å². The molecule has 3 rings (SSSR count). The van der Waals surface area contributed by atoms with Gasteiger partial charge in [0, 0.05) is 29.9 Å². The molecule has 1 aliphatic rings. The molecule has 24 heavy (non-hydrogen) atoms. The summed E-state index contributed by atoms with van der Waals surface area (Å²) in [6, 6.07) is 4.64. The van der Waals surface area contributed by atoms with Gasteiger partial charge in [-0.05, 0) is 32.3 Å². The molecule has 1 N–H and O–H groups in total. The molecule has 1 heterocycles. The lowest BCUT2D eigenvalue weighted by Gasteiger charge is -2.24. The van der Waals surface area contributed by atoms with Crippen LogP contribution >= 0.6 is 0 Å². The Bertz CT molecular complexity index is 875. The molecule has 1 aromatic heterocycles. The summed E-state index contributed by atoms with van der Waals surface area (Å²) in [5.41, 5.74) is 1.58. The Balaban J connectivity index is 1.90. The van der Waals surface area contributed by atoms with E-state index in [0.29, 0.717) is 13.0 Å². The lowest BCUT2D eigenvalue weighted by molar-refractivity contribution is -0.385. The van der Waals surface area contributed by atoms with E-state index in [2.05, 4.69) is 16.7 Å². The van der Waals surface area contributed by atoms with Crippen LogP contribution in [0.1, 0.15) is 30.1 Å². The fourth-order valence-electron chi connectivity index (χ4n) is 2.95. The molecule has 0 aliphatic heterocycles. The molecule has 0 saturated heterocycles. The molecule has 1 aromatic carbocycles. The Morgan fingerprint density at radius 2 is 2.25 bits per heavy atom. The molecule has 1 atom stereocenters. The van der Waals surface area contributed by atoms with Crippen molar-refractivity contribution >= 4 is 15.7 Å². The van der Waals surface area contributed by atoms with Crippen molar-refractivity contribution in [3.63, 3.8) is 0 Å². The molecule has 0 amide bonds. The first kappa shape index (κ1) is 16.6. The number of nitro benzene ring substituents is 1. The number of rotatable bonds is 5. The highest BCUT2D eigenvalue weighted by Crippen LogP contribution is 2.31. The number of hydrogen-bond acceptors (Lipinski definition) is 5. The number of non-ortho nitro benzene ring substituents is 1. The van der Waals surface area contributed by atoms with Gasteiger partial charge in [0.25, 0.3) is 5.69 Å². The first-order valence-corrected chi connectivity index (χ1v) is 9.01. The number of nitro groups is 1. The molecule has 1 aliphatic carbocycles. The first-order valence-electron chi connectivity index (χ1n) is 7.53. The van der Waals surface area contributed by atoms with Gasteiger partial charge < -0.3 is 0 Å². The van der Waals surface area contributed by atoms with Crippen LogP contribution in [0.25, 0.3) is 0 Å². The van der Waals surface area contributed by atoms with Crippen molar-refractivity contribution in [2.75, 3.05) is 0 Å². The molecule has 9 heteroatoms. The third-order valence-corrected chi connectivity index (χ3v) is 5.58. The summed E-state index contributed by atoms with van der Waals surface area (Å²) < 4.78 is 29.6. The third-order valence-electron chi connectivity index (χ3n) is 4.11. The van der Waals surface area contributed by atoms with Gasteiger partial charge in [0.15, 0.2) is 0 Å². The Hall–Kier alpha value is -2.26. The predicted octanol–water partition coefficient (Wildman–Crippen LogP) is 1.98. The fourth-order valence-corrected chi connectivity index (χ4v) is 4.24. The second kappa shape index (κ2) is 6.33. The normalized spacial score (nSPS) is 17.5. The average molecular weight is 349 g/mol. The number of nitrogens with one attached hydrogen (secondary N) is 1. The van der Waals surface area contributed by atoms with Crippen LogP contribution < -0.4 is 4.72 Å². The van der Waals surface area contributed by atoms with Gasteiger partial charge in [-0.2, -0.15) is 5.10 Å². The van der Waals surface area contributed by atoms with Crippen LogP contribution in [-0.4, -0.2) is 23.1 Å². The highest BCUT2D eigenvalue weighted by Gasteiger charge is 2.28.